The normalized spacial score (nSPS) is 13.8. The third-order valence-corrected chi connectivity index (χ3v) is 6.32. The second kappa shape index (κ2) is 9.57. The number of halogens is 1. The van der Waals surface area contributed by atoms with E-state index in [1.165, 1.54) is 0 Å². The Bertz CT molecular complexity index is 1310. The number of nitrogens with one attached hydrogen (secondary N) is 1. The second-order valence-corrected chi connectivity index (χ2v) is 8.66. The van der Waals surface area contributed by atoms with Crippen molar-refractivity contribution in [1.82, 2.24) is 19.8 Å². The molecule has 0 bridgehead atoms. The standard InChI is InChI=1S/C26H24ClN5O2/c27-21-6-8-22(9-7-21)30-12-14-31(15-13-30)26(34)23-18-29-32-11-10-19(16-24(23)32)17-28-25(33)20-4-2-1-3-5-20/h1-11,16,18H,12-15,17H2,(H,28,33). The number of hydrogen-bond donors (Lipinski definition) is 1. The van der Waals surface area contributed by atoms with Gasteiger partial charge in [0.25, 0.3) is 11.8 Å². The maximum Gasteiger partial charge on any atom is 0.257 e. The quantitative estimate of drug-likeness (QED) is 0.477. The first-order valence-electron chi connectivity index (χ1n) is 11.2. The Labute approximate surface area is 202 Å². The molecule has 0 unspecified atom stereocenters. The van der Waals surface area contributed by atoms with Gasteiger partial charge in [-0.2, -0.15) is 5.10 Å². The number of rotatable bonds is 5. The minimum absolute atomic E-state index is 0.0313. The molecule has 5 rings (SSSR count). The topological polar surface area (TPSA) is 70.0 Å². The first-order chi connectivity index (χ1) is 16.6. The van der Waals surface area contributed by atoms with Gasteiger partial charge in [0.1, 0.15) is 0 Å². The molecule has 2 amide bonds. The molecule has 172 valence electrons. The minimum atomic E-state index is -0.135. The molecule has 2 aromatic carbocycles. The predicted octanol–water partition coefficient (Wildman–Crippen LogP) is 3.88. The third-order valence-electron chi connectivity index (χ3n) is 6.06. The van der Waals surface area contributed by atoms with Crippen molar-refractivity contribution >= 4 is 34.6 Å². The van der Waals surface area contributed by atoms with Gasteiger partial charge in [0.2, 0.25) is 0 Å². The van der Waals surface area contributed by atoms with Crippen LogP contribution in [0.5, 0.6) is 0 Å². The lowest BCUT2D eigenvalue weighted by Crippen LogP contribution is -2.48. The van der Waals surface area contributed by atoms with Gasteiger partial charge < -0.3 is 15.1 Å². The van der Waals surface area contributed by atoms with E-state index in [2.05, 4.69) is 15.3 Å². The maximum absolute atomic E-state index is 13.3. The first-order valence-corrected chi connectivity index (χ1v) is 11.6. The third kappa shape index (κ3) is 4.61. The van der Waals surface area contributed by atoms with Crippen LogP contribution < -0.4 is 10.2 Å². The van der Waals surface area contributed by atoms with Crippen LogP contribution in [0, 0.1) is 0 Å². The largest absolute Gasteiger partial charge is 0.368 e. The van der Waals surface area contributed by atoms with Crippen molar-refractivity contribution in [2.75, 3.05) is 31.1 Å². The van der Waals surface area contributed by atoms with E-state index in [0.717, 1.165) is 29.9 Å². The number of aromatic nitrogens is 2. The van der Waals surface area contributed by atoms with Gasteiger partial charge in [-0.05, 0) is 54.1 Å². The van der Waals surface area contributed by atoms with E-state index in [1.807, 2.05) is 65.7 Å². The van der Waals surface area contributed by atoms with Crippen molar-refractivity contribution in [3.63, 3.8) is 0 Å². The number of nitrogens with zero attached hydrogens (tertiary/aromatic N) is 4. The van der Waals surface area contributed by atoms with Crippen LogP contribution >= 0.6 is 11.6 Å². The summed E-state index contributed by atoms with van der Waals surface area (Å²) < 4.78 is 1.69. The number of anilines is 1. The van der Waals surface area contributed by atoms with Gasteiger partial charge in [0.05, 0.1) is 17.3 Å². The lowest BCUT2D eigenvalue weighted by Gasteiger charge is -2.36. The zero-order valence-corrected chi connectivity index (χ0v) is 19.3. The average molecular weight is 474 g/mol. The monoisotopic (exact) mass is 473 g/mol. The van der Waals surface area contributed by atoms with Crippen molar-refractivity contribution in [1.29, 1.82) is 0 Å². The number of amides is 2. The molecule has 7 nitrogen and oxygen atoms in total. The summed E-state index contributed by atoms with van der Waals surface area (Å²) >= 11 is 5.99. The van der Waals surface area contributed by atoms with E-state index in [4.69, 9.17) is 11.6 Å². The fraction of sp³-hybridized carbons (Fsp3) is 0.192. The van der Waals surface area contributed by atoms with Crippen molar-refractivity contribution in [3.8, 4) is 0 Å². The Hall–Kier alpha value is -3.84. The molecule has 3 heterocycles. The van der Waals surface area contributed by atoms with Crippen molar-refractivity contribution in [3.05, 3.63) is 101 Å². The molecule has 0 aliphatic carbocycles. The Morgan fingerprint density at radius 1 is 0.941 bits per heavy atom. The Morgan fingerprint density at radius 2 is 1.68 bits per heavy atom. The average Bonchev–Trinajstić information content (AvgIpc) is 3.31. The molecule has 1 aliphatic heterocycles. The molecular formula is C26H24ClN5O2. The molecule has 2 aromatic heterocycles. The first kappa shape index (κ1) is 22.0. The van der Waals surface area contributed by atoms with Crippen LogP contribution in [0.3, 0.4) is 0 Å². The smallest absolute Gasteiger partial charge is 0.257 e. The number of pyridine rings is 1. The van der Waals surface area contributed by atoms with E-state index < -0.39 is 0 Å². The molecule has 1 N–H and O–H groups in total. The van der Waals surface area contributed by atoms with E-state index in [1.54, 1.807) is 22.8 Å². The second-order valence-electron chi connectivity index (χ2n) is 8.23. The Morgan fingerprint density at radius 3 is 2.41 bits per heavy atom. The van der Waals surface area contributed by atoms with Crippen LogP contribution in [0.4, 0.5) is 5.69 Å². The van der Waals surface area contributed by atoms with Crippen LogP contribution in [-0.2, 0) is 6.54 Å². The van der Waals surface area contributed by atoms with E-state index in [-0.39, 0.29) is 11.8 Å². The summed E-state index contributed by atoms with van der Waals surface area (Å²) in [5, 5.41) is 7.99. The fourth-order valence-electron chi connectivity index (χ4n) is 4.16. The van der Waals surface area contributed by atoms with Gasteiger partial charge in [0.15, 0.2) is 0 Å². The molecule has 0 spiro atoms. The molecule has 1 aliphatic rings. The predicted molar refractivity (Wildman–Crippen MR) is 132 cm³/mol. The van der Waals surface area contributed by atoms with Crippen LogP contribution in [-0.4, -0.2) is 52.5 Å². The lowest BCUT2D eigenvalue weighted by atomic mass is 10.1. The number of benzene rings is 2. The van der Waals surface area contributed by atoms with Gasteiger partial charge in [-0.1, -0.05) is 29.8 Å². The van der Waals surface area contributed by atoms with Crippen molar-refractivity contribution < 1.29 is 9.59 Å². The highest BCUT2D eigenvalue weighted by Crippen LogP contribution is 2.21. The molecule has 8 heteroatoms. The van der Waals surface area contributed by atoms with Crippen molar-refractivity contribution in [2.45, 2.75) is 6.54 Å². The van der Waals surface area contributed by atoms with Crippen LogP contribution in [0.15, 0.2) is 79.1 Å². The van der Waals surface area contributed by atoms with E-state index in [9.17, 15) is 9.59 Å². The van der Waals surface area contributed by atoms with Gasteiger partial charge >= 0.3 is 0 Å². The zero-order chi connectivity index (χ0) is 23.5. The Kier molecular flexibility index (Phi) is 6.18. The summed E-state index contributed by atoms with van der Waals surface area (Å²) in [6, 6.07) is 20.7. The summed E-state index contributed by atoms with van der Waals surface area (Å²) in [6.45, 7) is 3.13. The number of carbonyl (C=O) groups excluding carboxylic acids is 2. The lowest BCUT2D eigenvalue weighted by molar-refractivity contribution is 0.0748. The molecule has 0 radical (unpaired) electrons. The molecule has 1 saturated heterocycles. The van der Waals surface area contributed by atoms with Gasteiger partial charge in [-0.3, -0.25) is 9.59 Å². The number of carbonyl (C=O) groups is 2. The number of fused-ring (bicyclic) bond motifs is 1. The fourth-order valence-corrected chi connectivity index (χ4v) is 4.29. The van der Waals surface area contributed by atoms with Gasteiger partial charge in [0, 0.05) is 55.2 Å². The van der Waals surface area contributed by atoms with Crippen molar-refractivity contribution in [2.24, 2.45) is 0 Å². The van der Waals surface area contributed by atoms with E-state index >= 15 is 0 Å². The van der Waals surface area contributed by atoms with Crippen LogP contribution in [0.1, 0.15) is 26.3 Å². The highest BCUT2D eigenvalue weighted by molar-refractivity contribution is 6.30. The molecule has 1 fully saturated rings. The highest BCUT2D eigenvalue weighted by Gasteiger charge is 2.24. The highest BCUT2D eigenvalue weighted by atomic mass is 35.5. The molecule has 4 aromatic rings. The number of piperazine rings is 1. The minimum Gasteiger partial charge on any atom is -0.368 e. The molecule has 0 atom stereocenters. The van der Waals surface area contributed by atoms with Gasteiger partial charge in [-0.25, -0.2) is 4.52 Å². The summed E-state index contributed by atoms with van der Waals surface area (Å²) in [5.41, 5.74) is 3.92. The molecule has 34 heavy (non-hydrogen) atoms. The van der Waals surface area contributed by atoms with Gasteiger partial charge in [-0.15, -0.1) is 0 Å². The summed E-state index contributed by atoms with van der Waals surface area (Å²) in [4.78, 5) is 29.8. The Balaban J connectivity index is 1.26. The summed E-state index contributed by atoms with van der Waals surface area (Å²) in [5.74, 6) is -0.167. The number of hydrogen-bond acceptors (Lipinski definition) is 4. The molecular weight excluding hydrogens is 450 g/mol. The van der Waals surface area contributed by atoms with Crippen LogP contribution in [0.25, 0.3) is 5.52 Å². The molecule has 0 saturated carbocycles. The SMILES string of the molecule is O=C(NCc1ccn2ncc(C(=O)N3CCN(c4ccc(Cl)cc4)CC3)c2c1)c1ccccc1. The zero-order valence-electron chi connectivity index (χ0n) is 18.5. The van der Waals surface area contributed by atoms with Crippen LogP contribution in [0.2, 0.25) is 5.02 Å². The summed E-state index contributed by atoms with van der Waals surface area (Å²) in [7, 11) is 0. The van der Waals surface area contributed by atoms with E-state index in [0.29, 0.717) is 35.8 Å². The summed E-state index contributed by atoms with van der Waals surface area (Å²) in [6.07, 6.45) is 3.43. The maximum atomic E-state index is 13.3.